The quantitative estimate of drug-likeness (QED) is 0.837. The van der Waals surface area contributed by atoms with Gasteiger partial charge in [0.25, 0.3) is 0 Å². The number of hydrogen-bond acceptors (Lipinski definition) is 3. The van der Waals surface area contributed by atoms with E-state index in [4.69, 9.17) is 18.0 Å². The van der Waals surface area contributed by atoms with E-state index in [1.165, 1.54) is 25.1 Å². The Labute approximate surface area is 120 Å². The average Bonchev–Trinajstić information content (AvgIpc) is 2.84. The van der Waals surface area contributed by atoms with Crippen molar-refractivity contribution >= 4 is 22.9 Å². The number of nitrogens with two attached hydrogens (primary N) is 1. The van der Waals surface area contributed by atoms with Gasteiger partial charge in [-0.25, -0.2) is 0 Å². The van der Waals surface area contributed by atoms with Crippen LogP contribution >= 0.6 is 12.2 Å². The number of thiocarbonyl (C=S) groups is 1. The van der Waals surface area contributed by atoms with Gasteiger partial charge in [-0.15, -0.1) is 0 Å². The Morgan fingerprint density at radius 1 is 1.32 bits per heavy atom. The van der Waals surface area contributed by atoms with Crippen LogP contribution in [0.3, 0.4) is 0 Å². The first-order chi connectivity index (χ1) is 9.16. The monoisotopic (exact) mass is 275 g/mol. The number of piperazine rings is 1. The van der Waals surface area contributed by atoms with E-state index in [9.17, 15) is 0 Å². The molecule has 19 heavy (non-hydrogen) atoms. The number of rotatable bonds is 2. The molecule has 2 heterocycles. The number of nitrogens with zero attached hydrogens (tertiary/aromatic N) is 2. The van der Waals surface area contributed by atoms with Crippen LogP contribution in [0.15, 0.2) is 24.3 Å². The molecule has 0 bridgehead atoms. The van der Waals surface area contributed by atoms with E-state index < -0.39 is 0 Å². The number of fused-ring (bicyclic) bond motifs is 1. The predicted octanol–water partition coefficient (Wildman–Crippen LogP) is 1.99. The molecule has 0 aliphatic carbocycles. The van der Waals surface area contributed by atoms with Gasteiger partial charge in [-0.1, -0.05) is 24.4 Å². The molecule has 1 aromatic rings. The highest BCUT2D eigenvalue weighted by Crippen LogP contribution is 2.30. The van der Waals surface area contributed by atoms with Crippen LogP contribution in [0.1, 0.15) is 25.3 Å². The molecule has 3 rings (SSSR count). The topological polar surface area (TPSA) is 32.5 Å². The minimum atomic E-state index is 0.497. The van der Waals surface area contributed by atoms with E-state index >= 15 is 0 Å². The molecule has 2 unspecified atom stereocenters. The van der Waals surface area contributed by atoms with Gasteiger partial charge >= 0.3 is 0 Å². The predicted molar refractivity (Wildman–Crippen MR) is 83.7 cm³/mol. The second kappa shape index (κ2) is 5.10. The van der Waals surface area contributed by atoms with Crippen LogP contribution in [0.2, 0.25) is 0 Å². The molecular formula is C15H21N3S. The Bertz CT molecular complexity index is 488. The smallest absolute Gasteiger partial charge is 0.106 e. The molecule has 0 saturated carbocycles. The highest BCUT2D eigenvalue weighted by molar-refractivity contribution is 7.80. The maximum Gasteiger partial charge on any atom is 0.106 e. The van der Waals surface area contributed by atoms with E-state index in [0.29, 0.717) is 17.1 Å². The number of benzene rings is 1. The summed E-state index contributed by atoms with van der Waals surface area (Å²) in [4.78, 5) is 5.61. The summed E-state index contributed by atoms with van der Waals surface area (Å²) in [5.74, 6) is 0. The van der Waals surface area contributed by atoms with Crippen molar-refractivity contribution in [2.24, 2.45) is 5.73 Å². The molecule has 0 amide bonds. The molecule has 0 radical (unpaired) electrons. The number of para-hydroxylation sites is 1. The molecule has 4 heteroatoms. The highest BCUT2D eigenvalue weighted by Gasteiger charge is 2.35. The summed E-state index contributed by atoms with van der Waals surface area (Å²) in [6.45, 7) is 5.81. The van der Waals surface area contributed by atoms with Gasteiger partial charge < -0.3 is 10.6 Å². The number of hydrogen-bond donors (Lipinski definition) is 1. The fourth-order valence-electron chi connectivity index (χ4n) is 3.46. The van der Waals surface area contributed by atoms with Gasteiger partial charge in [0.05, 0.1) is 0 Å². The Kier molecular flexibility index (Phi) is 3.46. The molecule has 1 aromatic carbocycles. The Morgan fingerprint density at radius 3 is 2.89 bits per heavy atom. The molecular weight excluding hydrogens is 254 g/mol. The highest BCUT2D eigenvalue weighted by atomic mass is 32.1. The van der Waals surface area contributed by atoms with Crippen LogP contribution in [0, 0.1) is 0 Å². The van der Waals surface area contributed by atoms with Crippen molar-refractivity contribution in [3.8, 4) is 0 Å². The first kappa shape index (κ1) is 12.9. The second-order valence-corrected chi connectivity index (χ2v) is 6.11. The molecule has 2 saturated heterocycles. The van der Waals surface area contributed by atoms with E-state index in [2.05, 4.69) is 28.9 Å². The SMILES string of the molecule is CC1CN2CCCC2CN1c1ccccc1C(N)=S. The standard InChI is InChI=1S/C15H21N3S/c1-11-9-17-8-4-5-12(17)10-18(11)14-7-3-2-6-13(14)15(16)19/h2-3,6-7,11-12H,4-5,8-10H2,1H3,(H2,16,19). The Balaban J connectivity index is 1.91. The largest absolute Gasteiger partial charge is 0.389 e. The summed E-state index contributed by atoms with van der Waals surface area (Å²) in [7, 11) is 0. The van der Waals surface area contributed by atoms with Gasteiger partial charge in [0.15, 0.2) is 0 Å². The van der Waals surface area contributed by atoms with Crippen LogP contribution < -0.4 is 10.6 Å². The van der Waals surface area contributed by atoms with Crippen LogP contribution in [0.25, 0.3) is 0 Å². The zero-order chi connectivity index (χ0) is 13.4. The van der Waals surface area contributed by atoms with Gasteiger partial charge in [0.1, 0.15) is 4.99 Å². The van der Waals surface area contributed by atoms with Gasteiger partial charge in [-0.2, -0.15) is 0 Å². The molecule has 2 fully saturated rings. The molecule has 0 aromatic heterocycles. The maximum atomic E-state index is 5.87. The molecule has 102 valence electrons. The second-order valence-electron chi connectivity index (χ2n) is 5.67. The zero-order valence-electron chi connectivity index (χ0n) is 11.4. The van der Waals surface area contributed by atoms with Crippen molar-refractivity contribution in [2.75, 3.05) is 24.5 Å². The third-order valence-electron chi connectivity index (χ3n) is 4.42. The van der Waals surface area contributed by atoms with E-state index in [1.54, 1.807) is 0 Å². The third-order valence-corrected chi connectivity index (χ3v) is 4.64. The third kappa shape index (κ3) is 2.35. The fraction of sp³-hybridized carbons (Fsp3) is 0.533. The van der Waals surface area contributed by atoms with Crippen LogP contribution in [0.5, 0.6) is 0 Å². The summed E-state index contributed by atoms with van der Waals surface area (Å²) in [5, 5.41) is 0. The van der Waals surface area contributed by atoms with E-state index in [0.717, 1.165) is 18.7 Å². The lowest BCUT2D eigenvalue weighted by Gasteiger charge is -2.44. The van der Waals surface area contributed by atoms with Gasteiger partial charge in [0.2, 0.25) is 0 Å². The fourth-order valence-corrected chi connectivity index (χ4v) is 3.63. The van der Waals surface area contributed by atoms with Gasteiger partial charge in [-0.05, 0) is 38.4 Å². The molecule has 2 N–H and O–H groups in total. The Hall–Kier alpha value is -1.13. The summed E-state index contributed by atoms with van der Waals surface area (Å²) in [5.41, 5.74) is 8.08. The molecule has 3 nitrogen and oxygen atoms in total. The van der Waals surface area contributed by atoms with Crippen molar-refractivity contribution in [1.82, 2.24) is 4.90 Å². The lowest BCUT2D eigenvalue weighted by atomic mass is 10.0. The van der Waals surface area contributed by atoms with E-state index in [-0.39, 0.29) is 0 Å². The maximum absolute atomic E-state index is 5.87. The average molecular weight is 275 g/mol. The normalized spacial score (nSPS) is 27.3. The van der Waals surface area contributed by atoms with Crippen molar-refractivity contribution in [1.29, 1.82) is 0 Å². The lowest BCUT2D eigenvalue weighted by Crippen LogP contribution is -2.55. The van der Waals surface area contributed by atoms with Crippen molar-refractivity contribution in [3.05, 3.63) is 29.8 Å². The zero-order valence-corrected chi connectivity index (χ0v) is 12.2. The molecule has 2 aliphatic heterocycles. The van der Waals surface area contributed by atoms with Gasteiger partial charge in [0, 0.05) is 36.4 Å². The number of anilines is 1. The van der Waals surface area contributed by atoms with Crippen LogP contribution in [-0.4, -0.2) is 41.6 Å². The summed E-state index contributed by atoms with van der Waals surface area (Å²) in [6.07, 6.45) is 2.65. The van der Waals surface area contributed by atoms with E-state index in [1.807, 2.05) is 12.1 Å². The summed E-state index contributed by atoms with van der Waals surface area (Å²) >= 11 is 5.19. The molecule has 2 atom stereocenters. The lowest BCUT2D eigenvalue weighted by molar-refractivity contribution is 0.203. The Morgan fingerprint density at radius 2 is 2.11 bits per heavy atom. The van der Waals surface area contributed by atoms with Crippen molar-refractivity contribution < 1.29 is 0 Å². The van der Waals surface area contributed by atoms with Crippen LogP contribution in [-0.2, 0) is 0 Å². The van der Waals surface area contributed by atoms with Crippen molar-refractivity contribution in [2.45, 2.75) is 31.8 Å². The summed E-state index contributed by atoms with van der Waals surface area (Å²) in [6, 6.07) is 9.49. The summed E-state index contributed by atoms with van der Waals surface area (Å²) < 4.78 is 0. The van der Waals surface area contributed by atoms with Crippen LogP contribution in [0.4, 0.5) is 5.69 Å². The first-order valence-corrected chi connectivity index (χ1v) is 7.47. The molecule has 2 aliphatic rings. The minimum absolute atomic E-state index is 0.497. The van der Waals surface area contributed by atoms with Crippen molar-refractivity contribution in [3.63, 3.8) is 0 Å². The molecule has 0 spiro atoms. The first-order valence-electron chi connectivity index (χ1n) is 7.06. The minimum Gasteiger partial charge on any atom is -0.389 e. The van der Waals surface area contributed by atoms with Gasteiger partial charge in [-0.3, -0.25) is 4.90 Å².